The molecule has 1 aliphatic rings. The van der Waals surface area contributed by atoms with Gasteiger partial charge in [-0.15, -0.1) is 0 Å². The molecule has 2 N–H and O–H groups in total. The second kappa shape index (κ2) is 11.3. The quantitative estimate of drug-likeness (QED) is 0.480. The standard InChI is InChI=1S/C27H28FNO6/c1-2-33-27-19(7-5-13-30)21(22-16-34-23-8-4-3-6-20(23)25(22)31)14-24(35-27)26(32)29-15-17-9-11-18(28)12-10-17/h3-4,6,8-12,14,16,19,21,27,30H,2,5,7,13,15H2,1H3,(H,29,32)/t19-,21+,27-/m1/s1. The van der Waals surface area contributed by atoms with Crippen LogP contribution < -0.4 is 10.7 Å². The van der Waals surface area contributed by atoms with Gasteiger partial charge in [0.2, 0.25) is 6.29 Å². The van der Waals surface area contributed by atoms with E-state index in [0.29, 0.717) is 36.0 Å². The number of para-hydroxylation sites is 1. The fourth-order valence-corrected chi connectivity index (χ4v) is 4.32. The van der Waals surface area contributed by atoms with Gasteiger partial charge in [-0.2, -0.15) is 0 Å². The lowest BCUT2D eigenvalue weighted by molar-refractivity contribution is -0.166. The van der Waals surface area contributed by atoms with Crippen molar-refractivity contribution in [1.29, 1.82) is 0 Å². The Labute approximate surface area is 202 Å². The number of halogens is 1. The van der Waals surface area contributed by atoms with Crippen molar-refractivity contribution in [3.63, 3.8) is 0 Å². The van der Waals surface area contributed by atoms with E-state index in [1.54, 1.807) is 42.5 Å². The van der Waals surface area contributed by atoms with E-state index in [1.807, 2.05) is 6.92 Å². The molecule has 3 atom stereocenters. The molecule has 0 saturated heterocycles. The first-order chi connectivity index (χ1) is 17.0. The Hall–Kier alpha value is -3.49. The van der Waals surface area contributed by atoms with E-state index in [4.69, 9.17) is 13.9 Å². The van der Waals surface area contributed by atoms with Crippen molar-refractivity contribution in [1.82, 2.24) is 5.32 Å². The van der Waals surface area contributed by atoms with Crippen molar-refractivity contribution in [3.05, 3.63) is 93.8 Å². The molecule has 1 aliphatic heterocycles. The summed E-state index contributed by atoms with van der Waals surface area (Å²) in [6.07, 6.45) is 3.25. The Morgan fingerprint density at radius 1 is 1.17 bits per heavy atom. The third-order valence-corrected chi connectivity index (χ3v) is 6.07. The number of benzene rings is 2. The van der Waals surface area contributed by atoms with E-state index >= 15 is 0 Å². The zero-order valence-corrected chi connectivity index (χ0v) is 19.4. The number of ether oxygens (including phenoxy) is 2. The maximum absolute atomic E-state index is 13.4. The van der Waals surface area contributed by atoms with Crippen LogP contribution in [0.25, 0.3) is 11.0 Å². The summed E-state index contributed by atoms with van der Waals surface area (Å²) in [6, 6.07) is 12.8. The number of rotatable bonds is 9. The van der Waals surface area contributed by atoms with Crippen molar-refractivity contribution in [2.24, 2.45) is 5.92 Å². The number of amides is 1. The number of aliphatic hydroxyl groups is 1. The topological polar surface area (TPSA) is 98.0 Å². The summed E-state index contributed by atoms with van der Waals surface area (Å²) < 4.78 is 30.7. The minimum absolute atomic E-state index is 0.0247. The van der Waals surface area contributed by atoms with Gasteiger partial charge in [0, 0.05) is 37.2 Å². The highest BCUT2D eigenvalue weighted by Gasteiger charge is 2.39. The summed E-state index contributed by atoms with van der Waals surface area (Å²) in [5.41, 5.74) is 1.40. The average molecular weight is 482 g/mol. The van der Waals surface area contributed by atoms with Gasteiger partial charge in [0.25, 0.3) is 5.91 Å². The third kappa shape index (κ3) is 5.61. The molecule has 1 amide bonds. The third-order valence-electron chi connectivity index (χ3n) is 6.07. The predicted octanol–water partition coefficient (Wildman–Crippen LogP) is 4.00. The van der Waals surface area contributed by atoms with Gasteiger partial charge in [-0.05, 0) is 55.7 Å². The Kier molecular flexibility index (Phi) is 7.94. The molecule has 0 saturated carbocycles. The molecule has 4 rings (SSSR count). The number of hydrogen-bond donors (Lipinski definition) is 2. The molecule has 0 unspecified atom stereocenters. The number of carbonyl (C=O) groups excluding carboxylic acids is 1. The summed E-state index contributed by atoms with van der Waals surface area (Å²) in [4.78, 5) is 26.4. The molecular weight excluding hydrogens is 453 g/mol. The van der Waals surface area contributed by atoms with E-state index in [2.05, 4.69) is 5.32 Å². The van der Waals surface area contributed by atoms with Crippen LogP contribution in [0.15, 0.2) is 75.8 Å². The highest BCUT2D eigenvalue weighted by Crippen LogP contribution is 2.38. The summed E-state index contributed by atoms with van der Waals surface area (Å²) in [7, 11) is 0. The lowest BCUT2D eigenvalue weighted by Crippen LogP contribution is -2.40. The number of carbonyl (C=O) groups is 1. The fraction of sp³-hybridized carbons (Fsp3) is 0.333. The average Bonchev–Trinajstić information content (AvgIpc) is 2.87. The second-order valence-corrected chi connectivity index (χ2v) is 8.35. The predicted molar refractivity (Wildman–Crippen MR) is 128 cm³/mol. The van der Waals surface area contributed by atoms with Crippen LogP contribution in [0.3, 0.4) is 0 Å². The van der Waals surface area contributed by atoms with E-state index in [9.17, 15) is 19.1 Å². The van der Waals surface area contributed by atoms with Crippen molar-refractivity contribution in [2.75, 3.05) is 13.2 Å². The van der Waals surface area contributed by atoms with Crippen LogP contribution in [0.4, 0.5) is 4.39 Å². The molecule has 2 heterocycles. The Morgan fingerprint density at radius 2 is 1.94 bits per heavy atom. The molecule has 0 aliphatic carbocycles. The van der Waals surface area contributed by atoms with Gasteiger partial charge in [0.05, 0.1) is 11.6 Å². The van der Waals surface area contributed by atoms with Crippen LogP contribution in [0, 0.1) is 11.7 Å². The largest absolute Gasteiger partial charge is 0.464 e. The molecule has 0 bridgehead atoms. The van der Waals surface area contributed by atoms with Crippen molar-refractivity contribution in [2.45, 2.75) is 38.5 Å². The summed E-state index contributed by atoms with van der Waals surface area (Å²) in [6.45, 7) is 2.31. The maximum atomic E-state index is 13.4. The normalized spacial score (nSPS) is 19.7. The number of aliphatic hydroxyl groups excluding tert-OH is 1. The Morgan fingerprint density at radius 3 is 2.69 bits per heavy atom. The maximum Gasteiger partial charge on any atom is 0.286 e. The molecule has 0 fully saturated rings. The Balaban J connectivity index is 1.68. The first-order valence-electron chi connectivity index (χ1n) is 11.7. The van der Waals surface area contributed by atoms with Crippen LogP contribution in [-0.2, 0) is 20.8 Å². The van der Waals surface area contributed by atoms with E-state index in [-0.39, 0.29) is 36.1 Å². The molecule has 184 valence electrons. The molecule has 7 nitrogen and oxygen atoms in total. The van der Waals surface area contributed by atoms with Gasteiger partial charge in [-0.1, -0.05) is 24.3 Å². The first kappa shape index (κ1) is 24.6. The molecule has 35 heavy (non-hydrogen) atoms. The number of allylic oxidation sites excluding steroid dienone is 1. The van der Waals surface area contributed by atoms with Crippen molar-refractivity contribution < 1.29 is 28.2 Å². The van der Waals surface area contributed by atoms with Crippen LogP contribution in [0.2, 0.25) is 0 Å². The van der Waals surface area contributed by atoms with Crippen LogP contribution >= 0.6 is 0 Å². The van der Waals surface area contributed by atoms with Gasteiger partial charge in [-0.25, -0.2) is 4.39 Å². The highest BCUT2D eigenvalue weighted by molar-refractivity contribution is 5.91. The highest BCUT2D eigenvalue weighted by atomic mass is 19.1. The van der Waals surface area contributed by atoms with Gasteiger partial charge >= 0.3 is 0 Å². The van der Waals surface area contributed by atoms with E-state index in [0.717, 1.165) is 5.56 Å². The number of nitrogens with one attached hydrogen (secondary N) is 1. The molecular formula is C27H28FNO6. The molecule has 1 aromatic heterocycles. The number of fused-ring (bicyclic) bond motifs is 1. The monoisotopic (exact) mass is 481 g/mol. The fourth-order valence-electron chi connectivity index (χ4n) is 4.32. The number of hydrogen-bond acceptors (Lipinski definition) is 6. The van der Waals surface area contributed by atoms with Crippen LogP contribution in [0.5, 0.6) is 0 Å². The lowest BCUT2D eigenvalue weighted by atomic mass is 9.81. The van der Waals surface area contributed by atoms with Gasteiger partial charge in [-0.3, -0.25) is 9.59 Å². The summed E-state index contributed by atoms with van der Waals surface area (Å²) in [5, 5.41) is 12.7. The summed E-state index contributed by atoms with van der Waals surface area (Å²) in [5.74, 6) is -1.65. The van der Waals surface area contributed by atoms with Gasteiger partial charge < -0.3 is 24.3 Å². The molecule has 8 heteroatoms. The molecule has 0 spiro atoms. The molecule has 0 radical (unpaired) electrons. The molecule has 3 aromatic rings. The Bertz CT molecular complexity index is 1250. The second-order valence-electron chi connectivity index (χ2n) is 8.35. The minimum atomic E-state index is -0.793. The zero-order valence-electron chi connectivity index (χ0n) is 19.4. The van der Waals surface area contributed by atoms with Crippen molar-refractivity contribution >= 4 is 16.9 Å². The molecule has 2 aromatic carbocycles. The summed E-state index contributed by atoms with van der Waals surface area (Å²) >= 11 is 0. The smallest absolute Gasteiger partial charge is 0.286 e. The van der Waals surface area contributed by atoms with E-state index < -0.39 is 18.1 Å². The van der Waals surface area contributed by atoms with Gasteiger partial charge in [0.1, 0.15) is 11.4 Å². The van der Waals surface area contributed by atoms with Crippen LogP contribution in [-0.4, -0.2) is 30.5 Å². The van der Waals surface area contributed by atoms with E-state index in [1.165, 1.54) is 18.4 Å². The minimum Gasteiger partial charge on any atom is -0.464 e. The van der Waals surface area contributed by atoms with Gasteiger partial charge in [0.15, 0.2) is 11.2 Å². The SMILES string of the molecule is CCO[C@@H]1OC(C(=O)NCc2ccc(F)cc2)=C[C@H](c2coc3ccccc3c2=O)[C@H]1CCCO. The van der Waals surface area contributed by atoms with Crippen LogP contribution in [0.1, 0.15) is 36.8 Å². The lowest BCUT2D eigenvalue weighted by Gasteiger charge is -2.36. The van der Waals surface area contributed by atoms with Crippen molar-refractivity contribution in [3.8, 4) is 0 Å². The first-order valence-corrected chi connectivity index (χ1v) is 11.7. The zero-order chi connectivity index (χ0) is 24.8.